The number of alkyl halides is 3. The Bertz CT molecular complexity index is 1020. The highest BCUT2D eigenvalue weighted by Crippen LogP contribution is 2.36. The second-order valence-electron chi connectivity index (χ2n) is 7.25. The van der Waals surface area contributed by atoms with Gasteiger partial charge < -0.3 is 14.0 Å². The minimum absolute atomic E-state index is 0.0258. The molecular weight excluding hydrogens is 386 g/mol. The molecule has 2 aromatic carbocycles. The Morgan fingerprint density at radius 2 is 1.97 bits per heavy atom. The lowest BCUT2D eigenvalue weighted by Gasteiger charge is -2.25. The molecule has 0 saturated carbocycles. The molecule has 3 nitrogen and oxygen atoms in total. The van der Waals surface area contributed by atoms with Crippen LogP contribution in [0.15, 0.2) is 42.6 Å². The van der Waals surface area contributed by atoms with E-state index in [4.69, 9.17) is 9.47 Å². The van der Waals surface area contributed by atoms with Gasteiger partial charge in [0, 0.05) is 12.8 Å². The summed E-state index contributed by atoms with van der Waals surface area (Å²) in [5, 5.41) is 0.953. The largest absolute Gasteiger partial charge is 0.494 e. The highest BCUT2D eigenvalue weighted by molar-refractivity contribution is 5.86. The average molecular weight is 407 g/mol. The van der Waals surface area contributed by atoms with Crippen LogP contribution < -0.4 is 4.74 Å². The lowest BCUT2D eigenvalue weighted by atomic mass is 9.96. The summed E-state index contributed by atoms with van der Waals surface area (Å²) in [6, 6.07) is 9.55. The third-order valence-electron chi connectivity index (χ3n) is 5.27. The minimum Gasteiger partial charge on any atom is -0.494 e. The summed E-state index contributed by atoms with van der Waals surface area (Å²) in [6.07, 6.45) is -0.795. The number of halogens is 4. The molecule has 7 heteroatoms. The highest BCUT2D eigenvalue weighted by Gasteiger charge is 2.30. The molecule has 1 atom stereocenters. The highest BCUT2D eigenvalue weighted by atomic mass is 19.4. The molecule has 1 aliphatic heterocycles. The Morgan fingerprint density at radius 1 is 1.14 bits per heavy atom. The van der Waals surface area contributed by atoms with Crippen molar-refractivity contribution in [2.75, 3.05) is 13.7 Å². The Labute approximate surface area is 165 Å². The Morgan fingerprint density at radius 3 is 2.66 bits per heavy atom. The van der Waals surface area contributed by atoms with Crippen LogP contribution in [0.4, 0.5) is 17.6 Å². The van der Waals surface area contributed by atoms with Crippen LogP contribution >= 0.6 is 0 Å². The van der Waals surface area contributed by atoms with Crippen LogP contribution in [0.2, 0.25) is 0 Å². The molecule has 0 bridgehead atoms. The first-order valence-electron chi connectivity index (χ1n) is 9.51. The topological polar surface area (TPSA) is 23.4 Å². The molecule has 154 valence electrons. The molecule has 0 radical (unpaired) electrons. The van der Waals surface area contributed by atoms with Crippen LogP contribution in [0, 0.1) is 5.82 Å². The summed E-state index contributed by atoms with van der Waals surface area (Å²) in [5.41, 5.74) is 1.56. The average Bonchev–Trinajstić information content (AvgIpc) is 3.12. The molecular formula is C22H21F4NO2. The summed E-state index contributed by atoms with van der Waals surface area (Å²) < 4.78 is 66.5. The monoisotopic (exact) mass is 407 g/mol. The third kappa shape index (κ3) is 4.10. The predicted molar refractivity (Wildman–Crippen MR) is 102 cm³/mol. The number of fused-ring (bicyclic) bond motifs is 1. The molecule has 4 rings (SSSR count). The van der Waals surface area contributed by atoms with Crippen molar-refractivity contribution in [3.63, 3.8) is 0 Å². The van der Waals surface area contributed by atoms with Crippen molar-refractivity contribution < 1.29 is 27.0 Å². The van der Waals surface area contributed by atoms with E-state index in [1.54, 1.807) is 12.1 Å². The van der Waals surface area contributed by atoms with Crippen molar-refractivity contribution in [1.29, 1.82) is 0 Å². The number of ether oxygens (including phenoxy) is 2. The van der Waals surface area contributed by atoms with Gasteiger partial charge in [-0.2, -0.15) is 13.2 Å². The normalized spacial score (nSPS) is 17.6. The van der Waals surface area contributed by atoms with Gasteiger partial charge in [-0.15, -0.1) is 0 Å². The maximum Gasteiger partial charge on any atom is 0.393 e. The van der Waals surface area contributed by atoms with E-state index in [0.29, 0.717) is 12.2 Å². The van der Waals surface area contributed by atoms with Gasteiger partial charge in [0.05, 0.1) is 19.0 Å². The van der Waals surface area contributed by atoms with Gasteiger partial charge in [0.2, 0.25) is 0 Å². The fourth-order valence-electron chi connectivity index (χ4n) is 3.89. The van der Waals surface area contributed by atoms with Crippen molar-refractivity contribution >= 4 is 10.9 Å². The van der Waals surface area contributed by atoms with E-state index in [1.807, 2.05) is 22.9 Å². The molecule has 0 spiro atoms. The van der Waals surface area contributed by atoms with Crippen molar-refractivity contribution in [3.8, 4) is 16.9 Å². The number of nitrogens with zero attached hydrogens (tertiary/aromatic N) is 1. The van der Waals surface area contributed by atoms with Crippen LogP contribution in [0.5, 0.6) is 5.75 Å². The standard InChI is InChI=1S/C22H21F4NO2/c1-28-20-11-16(13-22(24,25)26)17(12-18(20)23)15-6-5-14-7-8-27(19(14)10-15)21-4-2-3-9-29-21/h5-8,10-12,21H,2-4,9,13H2,1H3. The van der Waals surface area contributed by atoms with Crippen molar-refractivity contribution in [3.05, 3.63) is 54.0 Å². The lowest BCUT2D eigenvalue weighted by molar-refractivity contribution is -0.127. The number of aromatic nitrogens is 1. The molecule has 1 unspecified atom stereocenters. The molecule has 0 amide bonds. The SMILES string of the molecule is COc1cc(CC(F)(F)F)c(-c2ccc3ccn(C4CCCCO4)c3c2)cc1F. The van der Waals surface area contributed by atoms with E-state index in [1.165, 1.54) is 7.11 Å². The smallest absolute Gasteiger partial charge is 0.393 e. The van der Waals surface area contributed by atoms with Crippen LogP contribution in [0.1, 0.15) is 31.1 Å². The maximum absolute atomic E-state index is 14.3. The molecule has 1 aromatic heterocycles. The summed E-state index contributed by atoms with van der Waals surface area (Å²) in [4.78, 5) is 0. The second kappa shape index (κ2) is 7.71. The van der Waals surface area contributed by atoms with Crippen LogP contribution in [-0.2, 0) is 11.2 Å². The summed E-state index contributed by atoms with van der Waals surface area (Å²) in [5.74, 6) is -0.896. The number of hydrogen-bond acceptors (Lipinski definition) is 2. The summed E-state index contributed by atoms with van der Waals surface area (Å²) in [7, 11) is 1.23. The lowest BCUT2D eigenvalue weighted by Crippen LogP contribution is -2.17. The first kappa shape index (κ1) is 19.8. The maximum atomic E-state index is 14.3. The van der Waals surface area contributed by atoms with Crippen molar-refractivity contribution in [2.24, 2.45) is 0 Å². The Balaban J connectivity index is 1.82. The van der Waals surface area contributed by atoms with Gasteiger partial charge in [0.25, 0.3) is 0 Å². The fourth-order valence-corrected chi connectivity index (χ4v) is 3.89. The molecule has 0 N–H and O–H groups in total. The van der Waals surface area contributed by atoms with Gasteiger partial charge in [-0.05, 0) is 65.6 Å². The van der Waals surface area contributed by atoms with E-state index < -0.39 is 18.4 Å². The van der Waals surface area contributed by atoms with E-state index in [0.717, 1.165) is 42.3 Å². The van der Waals surface area contributed by atoms with E-state index in [2.05, 4.69) is 0 Å². The van der Waals surface area contributed by atoms with Gasteiger partial charge in [-0.25, -0.2) is 4.39 Å². The summed E-state index contributed by atoms with van der Waals surface area (Å²) >= 11 is 0. The zero-order valence-corrected chi connectivity index (χ0v) is 15.9. The Kier molecular flexibility index (Phi) is 5.25. The third-order valence-corrected chi connectivity index (χ3v) is 5.27. The second-order valence-corrected chi connectivity index (χ2v) is 7.25. The van der Waals surface area contributed by atoms with E-state index in [-0.39, 0.29) is 23.1 Å². The van der Waals surface area contributed by atoms with Crippen LogP contribution in [0.25, 0.3) is 22.0 Å². The zero-order valence-electron chi connectivity index (χ0n) is 15.9. The van der Waals surface area contributed by atoms with Gasteiger partial charge >= 0.3 is 6.18 Å². The number of benzene rings is 2. The minimum atomic E-state index is -4.42. The van der Waals surface area contributed by atoms with Crippen molar-refractivity contribution in [2.45, 2.75) is 38.1 Å². The number of hydrogen-bond donors (Lipinski definition) is 0. The molecule has 3 aromatic rings. The van der Waals surface area contributed by atoms with Crippen LogP contribution in [-0.4, -0.2) is 24.5 Å². The van der Waals surface area contributed by atoms with Gasteiger partial charge in [0.1, 0.15) is 6.23 Å². The van der Waals surface area contributed by atoms with E-state index in [9.17, 15) is 17.6 Å². The van der Waals surface area contributed by atoms with Gasteiger partial charge in [0.15, 0.2) is 11.6 Å². The molecule has 1 saturated heterocycles. The predicted octanol–water partition coefficient (Wildman–Crippen LogP) is 6.26. The van der Waals surface area contributed by atoms with Gasteiger partial charge in [-0.3, -0.25) is 0 Å². The molecule has 29 heavy (non-hydrogen) atoms. The number of rotatable bonds is 4. The molecule has 2 heterocycles. The molecule has 1 aliphatic rings. The molecule has 1 fully saturated rings. The molecule has 0 aliphatic carbocycles. The first-order chi connectivity index (χ1) is 13.9. The fraction of sp³-hybridized carbons (Fsp3) is 0.364. The van der Waals surface area contributed by atoms with Crippen molar-refractivity contribution in [1.82, 2.24) is 4.57 Å². The summed E-state index contributed by atoms with van der Waals surface area (Å²) in [6.45, 7) is 0.684. The Hall–Kier alpha value is -2.54. The number of methoxy groups -OCH3 is 1. The van der Waals surface area contributed by atoms with Gasteiger partial charge in [-0.1, -0.05) is 12.1 Å². The quantitative estimate of drug-likeness (QED) is 0.477. The first-order valence-corrected chi connectivity index (χ1v) is 9.51. The van der Waals surface area contributed by atoms with E-state index >= 15 is 0 Å². The van der Waals surface area contributed by atoms with Crippen LogP contribution in [0.3, 0.4) is 0 Å². The zero-order chi connectivity index (χ0) is 20.6.